The monoisotopic (exact) mass is 437 g/mol. The number of aryl methyl sites for hydroxylation is 2. The Labute approximate surface area is 174 Å². The molecule has 144 valence electrons. The molecular formula is C24H24BrNO2. The van der Waals surface area contributed by atoms with Gasteiger partial charge in [0.15, 0.2) is 0 Å². The number of fused-ring (bicyclic) bond motifs is 2. The molecular weight excluding hydrogens is 414 g/mol. The summed E-state index contributed by atoms with van der Waals surface area (Å²) in [6, 6.07) is 23.4. The Balaban J connectivity index is 0.000000186. The van der Waals surface area contributed by atoms with E-state index in [1.807, 2.05) is 39.0 Å². The van der Waals surface area contributed by atoms with Gasteiger partial charge in [-0.05, 0) is 53.3 Å². The quantitative estimate of drug-likeness (QED) is 0.223. The summed E-state index contributed by atoms with van der Waals surface area (Å²) in [5.74, 6) is 0. The third kappa shape index (κ3) is 4.76. The maximum atomic E-state index is 10.7. The van der Waals surface area contributed by atoms with E-state index >= 15 is 0 Å². The van der Waals surface area contributed by atoms with Crippen molar-refractivity contribution in [2.75, 3.05) is 0 Å². The van der Waals surface area contributed by atoms with Crippen LogP contribution in [0.4, 0.5) is 5.69 Å². The van der Waals surface area contributed by atoms with Crippen molar-refractivity contribution in [3.05, 3.63) is 98.5 Å². The van der Waals surface area contributed by atoms with Crippen LogP contribution in [-0.4, -0.2) is 4.92 Å². The third-order valence-electron chi connectivity index (χ3n) is 4.40. The van der Waals surface area contributed by atoms with Crippen molar-refractivity contribution >= 4 is 43.2 Å². The Morgan fingerprint density at radius 2 is 1.11 bits per heavy atom. The maximum Gasteiger partial charge on any atom is 0.277 e. The molecule has 4 aromatic rings. The molecule has 28 heavy (non-hydrogen) atoms. The van der Waals surface area contributed by atoms with Crippen LogP contribution in [0.1, 0.15) is 25.0 Å². The second-order valence-electron chi connectivity index (χ2n) is 6.11. The molecule has 4 heteroatoms. The second kappa shape index (κ2) is 10.00. The van der Waals surface area contributed by atoms with Crippen LogP contribution in [0.5, 0.6) is 0 Å². The Hall–Kier alpha value is -2.72. The summed E-state index contributed by atoms with van der Waals surface area (Å²) in [6.07, 6.45) is 0. The molecule has 0 saturated carbocycles. The molecule has 0 aliphatic heterocycles. The highest BCUT2D eigenvalue weighted by Gasteiger charge is 2.11. The van der Waals surface area contributed by atoms with E-state index in [0.29, 0.717) is 5.39 Å². The molecule has 0 spiro atoms. The number of hydrogen-bond acceptors (Lipinski definition) is 2. The van der Waals surface area contributed by atoms with E-state index in [4.69, 9.17) is 0 Å². The molecule has 0 aromatic heterocycles. The van der Waals surface area contributed by atoms with E-state index < -0.39 is 0 Å². The molecule has 4 aromatic carbocycles. The molecule has 0 aliphatic carbocycles. The molecule has 0 heterocycles. The van der Waals surface area contributed by atoms with Crippen molar-refractivity contribution in [3.8, 4) is 0 Å². The van der Waals surface area contributed by atoms with Crippen molar-refractivity contribution in [2.24, 2.45) is 0 Å². The van der Waals surface area contributed by atoms with Gasteiger partial charge in [0.1, 0.15) is 0 Å². The van der Waals surface area contributed by atoms with Crippen molar-refractivity contribution in [1.29, 1.82) is 0 Å². The lowest BCUT2D eigenvalue weighted by Crippen LogP contribution is -1.90. The van der Waals surface area contributed by atoms with Crippen molar-refractivity contribution in [1.82, 2.24) is 0 Å². The lowest BCUT2D eigenvalue weighted by atomic mass is 10.0. The average molecular weight is 438 g/mol. The van der Waals surface area contributed by atoms with E-state index in [1.165, 1.54) is 20.8 Å². The fourth-order valence-electron chi connectivity index (χ4n) is 3.01. The number of rotatable bonds is 1. The van der Waals surface area contributed by atoms with Gasteiger partial charge in [-0.2, -0.15) is 0 Å². The molecule has 0 fully saturated rings. The van der Waals surface area contributed by atoms with Crippen LogP contribution in [0.2, 0.25) is 0 Å². The van der Waals surface area contributed by atoms with E-state index in [1.54, 1.807) is 18.2 Å². The Morgan fingerprint density at radius 1 is 0.679 bits per heavy atom. The van der Waals surface area contributed by atoms with Crippen LogP contribution < -0.4 is 0 Å². The molecule has 4 rings (SSSR count). The fraction of sp³-hybridized carbons (Fsp3) is 0.167. The largest absolute Gasteiger partial charge is 0.277 e. The topological polar surface area (TPSA) is 43.1 Å². The molecule has 0 aliphatic rings. The summed E-state index contributed by atoms with van der Waals surface area (Å²) >= 11 is 3.53. The molecule has 0 saturated heterocycles. The number of hydrogen-bond donors (Lipinski definition) is 0. The van der Waals surface area contributed by atoms with E-state index in [9.17, 15) is 10.1 Å². The van der Waals surface area contributed by atoms with Gasteiger partial charge in [0.2, 0.25) is 0 Å². The van der Waals surface area contributed by atoms with Crippen molar-refractivity contribution in [3.63, 3.8) is 0 Å². The van der Waals surface area contributed by atoms with Crippen LogP contribution in [0.15, 0.2) is 77.3 Å². The normalized spacial score (nSPS) is 9.89. The minimum Gasteiger partial charge on any atom is -0.258 e. The minimum atomic E-state index is -0.345. The second-order valence-corrected chi connectivity index (χ2v) is 6.97. The highest BCUT2D eigenvalue weighted by atomic mass is 79.9. The summed E-state index contributed by atoms with van der Waals surface area (Å²) in [4.78, 5) is 10.4. The number of non-ortho nitro benzene ring substituents is 1. The third-order valence-corrected chi connectivity index (χ3v) is 5.10. The minimum absolute atomic E-state index is 0.172. The number of halogens is 1. The van der Waals surface area contributed by atoms with Gasteiger partial charge >= 0.3 is 0 Å². The number of nitrogens with zero attached hydrogens (tertiary/aromatic N) is 1. The summed E-state index contributed by atoms with van der Waals surface area (Å²) in [5, 5.41) is 15.0. The molecule has 0 radical (unpaired) electrons. The van der Waals surface area contributed by atoms with Crippen LogP contribution in [0.25, 0.3) is 21.5 Å². The van der Waals surface area contributed by atoms with Gasteiger partial charge in [0.25, 0.3) is 5.69 Å². The zero-order valence-electron chi connectivity index (χ0n) is 16.6. The van der Waals surface area contributed by atoms with Crippen LogP contribution >= 0.6 is 15.9 Å². The van der Waals surface area contributed by atoms with E-state index in [0.717, 1.165) is 10.9 Å². The van der Waals surface area contributed by atoms with Gasteiger partial charge in [0, 0.05) is 10.5 Å². The molecule has 0 N–H and O–H groups in total. The highest BCUT2D eigenvalue weighted by molar-refractivity contribution is 9.10. The Bertz CT molecular complexity index is 1070. The van der Waals surface area contributed by atoms with Crippen molar-refractivity contribution < 1.29 is 4.92 Å². The first kappa shape index (κ1) is 21.6. The van der Waals surface area contributed by atoms with Crippen molar-refractivity contribution in [2.45, 2.75) is 27.7 Å². The number of nitro groups is 1. The zero-order valence-corrected chi connectivity index (χ0v) is 18.2. The number of nitro benzene ring substituents is 1. The van der Waals surface area contributed by atoms with Gasteiger partial charge in [-0.1, -0.05) is 84.4 Å². The van der Waals surface area contributed by atoms with Crippen LogP contribution in [0.3, 0.4) is 0 Å². The van der Waals surface area contributed by atoms with E-state index in [-0.39, 0.29) is 10.6 Å². The first-order valence-electron chi connectivity index (χ1n) is 9.25. The van der Waals surface area contributed by atoms with Gasteiger partial charge in [0.05, 0.1) is 10.3 Å². The molecule has 0 amide bonds. The maximum absolute atomic E-state index is 10.7. The van der Waals surface area contributed by atoms with Crippen LogP contribution in [0, 0.1) is 24.0 Å². The Morgan fingerprint density at radius 3 is 1.61 bits per heavy atom. The summed E-state index contributed by atoms with van der Waals surface area (Å²) in [5.41, 5.74) is 2.56. The molecule has 0 unspecified atom stereocenters. The average Bonchev–Trinajstić information content (AvgIpc) is 2.73. The Kier molecular flexibility index (Phi) is 7.70. The molecule has 3 nitrogen and oxygen atoms in total. The van der Waals surface area contributed by atoms with Gasteiger partial charge in [-0.25, -0.2) is 0 Å². The van der Waals surface area contributed by atoms with Gasteiger partial charge in [-0.15, -0.1) is 0 Å². The predicted molar refractivity (Wildman–Crippen MR) is 123 cm³/mol. The summed E-state index contributed by atoms with van der Waals surface area (Å²) in [6.45, 7) is 8.08. The SMILES string of the molecule is CC.Cc1ccc(Br)c2ccccc12.Cc1ccc([N+](=O)[O-])c2ccccc12. The zero-order chi connectivity index (χ0) is 20.7. The van der Waals surface area contributed by atoms with Gasteiger partial charge in [-0.3, -0.25) is 10.1 Å². The number of benzene rings is 4. The highest BCUT2D eigenvalue weighted by Crippen LogP contribution is 2.27. The summed E-state index contributed by atoms with van der Waals surface area (Å²) in [7, 11) is 0. The standard InChI is InChI=1S/C11H9Br.C11H9NO2.C2H6/c1-8-6-7-11(12)10-5-3-2-4-9(8)10;1-8-6-7-11(12(13)14)10-5-3-2-4-9(8)10;1-2/h2-7H,1H3;2-7H,1H3;1-2H3. The van der Waals surface area contributed by atoms with Gasteiger partial charge < -0.3 is 0 Å². The van der Waals surface area contributed by atoms with E-state index in [2.05, 4.69) is 59.3 Å². The molecule has 0 atom stereocenters. The lowest BCUT2D eigenvalue weighted by molar-refractivity contribution is -0.383. The lowest BCUT2D eigenvalue weighted by Gasteiger charge is -2.02. The summed E-state index contributed by atoms with van der Waals surface area (Å²) < 4.78 is 1.17. The smallest absolute Gasteiger partial charge is 0.258 e. The first-order valence-corrected chi connectivity index (χ1v) is 10.0. The molecule has 0 bridgehead atoms. The first-order chi connectivity index (χ1) is 13.5. The fourth-order valence-corrected chi connectivity index (χ4v) is 3.48. The van der Waals surface area contributed by atoms with Crippen LogP contribution in [-0.2, 0) is 0 Å². The predicted octanol–water partition coefficient (Wildman–Crippen LogP) is 7.99.